The number of benzene rings is 4. The van der Waals surface area contributed by atoms with E-state index in [-0.39, 0.29) is 0 Å². The van der Waals surface area contributed by atoms with Crippen LogP contribution in [0.25, 0.3) is 0 Å². The molecule has 2 heteroatoms. The van der Waals surface area contributed by atoms with Gasteiger partial charge in [-0.15, -0.1) is 0 Å². The standard InChI is InChI=1S/C54H80N2/c1-5-7-9-11-13-15-17-19-21-27-53(51-39-37-49(55)41-43(51)3)47-33-29-45(30-34-47)25-23-24-26-46-31-35-48(36-32-46)54(52-40-38-50(56)42-44(52)4)28-22-20-18-16-14-12-10-8-6-2/h29-42,53-54H,5-28,55-56H2,1-4H3. The minimum atomic E-state index is 0.436. The van der Waals surface area contributed by atoms with E-state index in [9.17, 15) is 0 Å². The Balaban J connectivity index is 1.26. The lowest BCUT2D eigenvalue weighted by Crippen LogP contribution is -2.05. The van der Waals surface area contributed by atoms with Gasteiger partial charge in [0.25, 0.3) is 0 Å². The number of hydrogen-bond acceptors (Lipinski definition) is 2. The Morgan fingerprint density at radius 2 is 0.696 bits per heavy atom. The fourth-order valence-electron chi connectivity index (χ4n) is 8.99. The van der Waals surface area contributed by atoms with Gasteiger partial charge in [0.1, 0.15) is 0 Å². The van der Waals surface area contributed by atoms with Gasteiger partial charge in [-0.05, 0) is 121 Å². The molecule has 4 aromatic rings. The van der Waals surface area contributed by atoms with Crippen LogP contribution in [0, 0.1) is 13.8 Å². The highest BCUT2D eigenvalue weighted by atomic mass is 14.5. The van der Waals surface area contributed by atoms with Gasteiger partial charge in [-0.1, -0.05) is 190 Å². The normalized spacial score (nSPS) is 12.6. The summed E-state index contributed by atoms with van der Waals surface area (Å²) >= 11 is 0. The third-order valence-electron chi connectivity index (χ3n) is 12.5. The van der Waals surface area contributed by atoms with Gasteiger partial charge < -0.3 is 11.5 Å². The Hall–Kier alpha value is -3.52. The van der Waals surface area contributed by atoms with Gasteiger partial charge in [0.05, 0.1) is 0 Å². The lowest BCUT2D eigenvalue weighted by Gasteiger charge is -2.21. The Labute approximate surface area is 344 Å². The van der Waals surface area contributed by atoms with Gasteiger partial charge in [0.2, 0.25) is 0 Å². The highest BCUT2D eigenvalue weighted by Gasteiger charge is 2.18. The fourth-order valence-corrected chi connectivity index (χ4v) is 8.99. The third-order valence-corrected chi connectivity index (χ3v) is 12.5. The highest BCUT2D eigenvalue weighted by molar-refractivity contribution is 5.49. The van der Waals surface area contributed by atoms with Gasteiger partial charge in [0.15, 0.2) is 0 Å². The van der Waals surface area contributed by atoms with Gasteiger partial charge in [-0.2, -0.15) is 0 Å². The summed E-state index contributed by atoms with van der Waals surface area (Å²) in [5, 5.41) is 0. The van der Waals surface area contributed by atoms with Crippen molar-refractivity contribution in [2.75, 3.05) is 11.5 Å². The molecule has 0 spiro atoms. The van der Waals surface area contributed by atoms with Crippen molar-refractivity contribution in [1.82, 2.24) is 0 Å². The summed E-state index contributed by atoms with van der Waals surface area (Å²) < 4.78 is 0. The molecule has 0 heterocycles. The molecule has 0 fully saturated rings. The van der Waals surface area contributed by atoms with E-state index in [0.717, 1.165) is 24.2 Å². The first-order valence-electron chi connectivity index (χ1n) is 23.3. The summed E-state index contributed by atoms with van der Waals surface area (Å²) in [5.41, 5.74) is 25.4. The first-order chi connectivity index (χ1) is 27.4. The quantitative estimate of drug-likeness (QED) is 0.0428. The second kappa shape index (κ2) is 26.4. The average molecular weight is 757 g/mol. The lowest BCUT2D eigenvalue weighted by molar-refractivity contribution is 0.545. The van der Waals surface area contributed by atoms with Crippen molar-refractivity contribution in [2.24, 2.45) is 0 Å². The molecule has 0 aliphatic rings. The smallest absolute Gasteiger partial charge is 0.0316 e. The number of anilines is 2. The first-order valence-corrected chi connectivity index (χ1v) is 23.3. The molecule has 2 atom stereocenters. The summed E-state index contributed by atoms with van der Waals surface area (Å²) in [5.74, 6) is 0.872. The molecular formula is C54H80N2. The highest BCUT2D eigenvalue weighted by Crippen LogP contribution is 2.35. The maximum absolute atomic E-state index is 6.17. The number of aryl methyl sites for hydroxylation is 4. The van der Waals surface area contributed by atoms with E-state index in [1.165, 1.54) is 186 Å². The van der Waals surface area contributed by atoms with Crippen LogP contribution in [0.15, 0.2) is 84.9 Å². The van der Waals surface area contributed by atoms with Crippen molar-refractivity contribution in [3.05, 3.63) is 129 Å². The number of hydrogen-bond donors (Lipinski definition) is 2. The Bertz CT molecular complexity index is 1490. The van der Waals surface area contributed by atoms with Crippen LogP contribution in [0.2, 0.25) is 0 Å². The van der Waals surface area contributed by atoms with Crippen LogP contribution in [0.3, 0.4) is 0 Å². The van der Waals surface area contributed by atoms with Gasteiger partial charge in [-0.3, -0.25) is 0 Å². The maximum Gasteiger partial charge on any atom is 0.0316 e. The maximum atomic E-state index is 6.17. The van der Waals surface area contributed by atoms with Crippen molar-refractivity contribution in [2.45, 2.75) is 194 Å². The molecular weight excluding hydrogens is 677 g/mol. The van der Waals surface area contributed by atoms with Crippen LogP contribution in [-0.2, 0) is 12.8 Å². The molecule has 0 aliphatic carbocycles. The van der Waals surface area contributed by atoms with Crippen LogP contribution < -0.4 is 11.5 Å². The molecule has 306 valence electrons. The SMILES string of the molecule is CCCCCCCCCCCC(c1ccc(CCCCc2ccc(C(CCCCCCCCCCC)c3ccc(N)cc3C)cc2)cc1)c1ccc(N)cc1C. The minimum absolute atomic E-state index is 0.436. The summed E-state index contributed by atoms with van der Waals surface area (Å²) in [7, 11) is 0. The van der Waals surface area contributed by atoms with Crippen LogP contribution >= 0.6 is 0 Å². The Kier molecular flexibility index (Phi) is 21.3. The summed E-state index contributed by atoms with van der Waals surface area (Å²) in [6.07, 6.45) is 31.7. The number of rotatable bonds is 29. The van der Waals surface area contributed by atoms with Gasteiger partial charge in [0, 0.05) is 23.2 Å². The van der Waals surface area contributed by atoms with Crippen LogP contribution in [-0.4, -0.2) is 0 Å². The van der Waals surface area contributed by atoms with Crippen molar-refractivity contribution in [1.29, 1.82) is 0 Å². The molecule has 0 bridgehead atoms. The van der Waals surface area contributed by atoms with Crippen LogP contribution in [0.5, 0.6) is 0 Å². The van der Waals surface area contributed by atoms with Crippen molar-refractivity contribution in [3.8, 4) is 0 Å². The Morgan fingerprint density at radius 1 is 0.375 bits per heavy atom. The fraction of sp³-hybridized carbons (Fsp3) is 0.556. The van der Waals surface area contributed by atoms with E-state index in [2.05, 4.69) is 113 Å². The molecule has 0 saturated carbocycles. The van der Waals surface area contributed by atoms with E-state index in [1.54, 1.807) is 0 Å². The molecule has 2 nitrogen and oxygen atoms in total. The van der Waals surface area contributed by atoms with E-state index in [4.69, 9.17) is 11.5 Å². The number of nitrogen functional groups attached to an aromatic ring is 2. The molecule has 0 aliphatic heterocycles. The molecule has 4 rings (SSSR count). The first kappa shape index (κ1) is 45.2. The molecule has 0 amide bonds. The van der Waals surface area contributed by atoms with Crippen LogP contribution in [0.4, 0.5) is 11.4 Å². The zero-order valence-electron chi connectivity index (χ0n) is 36.4. The summed E-state index contributed by atoms with van der Waals surface area (Å²) in [6, 6.07) is 32.3. The largest absolute Gasteiger partial charge is 0.399 e. The zero-order valence-corrected chi connectivity index (χ0v) is 36.4. The van der Waals surface area contributed by atoms with E-state index in [1.807, 2.05) is 0 Å². The van der Waals surface area contributed by atoms with Crippen molar-refractivity contribution < 1.29 is 0 Å². The monoisotopic (exact) mass is 757 g/mol. The Morgan fingerprint density at radius 3 is 1.02 bits per heavy atom. The van der Waals surface area contributed by atoms with Crippen LogP contribution in [0.1, 0.15) is 211 Å². The topological polar surface area (TPSA) is 52.0 Å². The van der Waals surface area contributed by atoms with Crippen molar-refractivity contribution >= 4 is 11.4 Å². The summed E-state index contributed by atoms with van der Waals surface area (Å²) in [6.45, 7) is 9.06. The molecule has 4 N–H and O–H groups in total. The predicted octanol–water partition coefficient (Wildman–Crippen LogP) is 16.1. The van der Waals surface area contributed by atoms with Gasteiger partial charge >= 0.3 is 0 Å². The van der Waals surface area contributed by atoms with E-state index >= 15 is 0 Å². The molecule has 0 aromatic heterocycles. The molecule has 0 saturated heterocycles. The number of nitrogens with two attached hydrogens (primary N) is 2. The van der Waals surface area contributed by atoms with Crippen molar-refractivity contribution in [3.63, 3.8) is 0 Å². The lowest BCUT2D eigenvalue weighted by atomic mass is 9.83. The molecule has 4 aromatic carbocycles. The summed E-state index contributed by atoms with van der Waals surface area (Å²) in [4.78, 5) is 0. The second-order valence-corrected chi connectivity index (χ2v) is 17.3. The van der Waals surface area contributed by atoms with E-state index < -0.39 is 0 Å². The molecule has 2 unspecified atom stereocenters. The van der Waals surface area contributed by atoms with E-state index in [0.29, 0.717) is 11.8 Å². The predicted molar refractivity (Wildman–Crippen MR) is 248 cm³/mol. The zero-order chi connectivity index (χ0) is 39.8. The molecule has 0 radical (unpaired) electrons. The second-order valence-electron chi connectivity index (χ2n) is 17.3. The molecule has 56 heavy (non-hydrogen) atoms. The number of unbranched alkanes of at least 4 members (excludes halogenated alkanes) is 17. The average Bonchev–Trinajstić information content (AvgIpc) is 3.19. The van der Waals surface area contributed by atoms with Gasteiger partial charge in [-0.25, -0.2) is 0 Å². The third kappa shape index (κ3) is 16.1. The minimum Gasteiger partial charge on any atom is -0.399 e.